The molecule has 9 nitrogen and oxygen atoms in total. The van der Waals surface area contributed by atoms with Gasteiger partial charge in [0.2, 0.25) is 0 Å². The standard InChI is InChI=1S/C25H27N7O2/c1-4-34-8-7-24-30-16-31-32(24)22-10-19(23-6-5-17(2)12-28-23)9-20(11-22)25(33)29-15-21-14-26-18(3)13-27-21/h5-6,9-14,16H,4,7-8,15H2,1-3H3,(H,29,33). The fraction of sp³-hybridized carbons (Fsp3) is 0.280. The molecule has 1 aromatic carbocycles. The lowest BCUT2D eigenvalue weighted by atomic mass is 10.0. The van der Waals surface area contributed by atoms with Crippen molar-refractivity contribution in [3.63, 3.8) is 0 Å². The molecule has 3 heterocycles. The molecular formula is C25H27N7O2. The number of rotatable bonds is 9. The maximum absolute atomic E-state index is 13.1. The van der Waals surface area contributed by atoms with Gasteiger partial charge in [-0.25, -0.2) is 9.67 Å². The maximum atomic E-state index is 13.1. The molecule has 0 radical (unpaired) electrons. The third-order valence-corrected chi connectivity index (χ3v) is 5.19. The van der Waals surface area contributed by atoms with E-state index in [1.165, 1.54) is 6.33 Å². The number of aryl methyl sites for hydroxylation is 2. The molecule has 0 bridgehead atoms. The van der Waals surface area contributed by atoms with E-state index in [1.54, 1.807) is 29.3 Å². The van der Waals surface area contributed by atoms with Crippen LogP contribution in [0.15, 0.2) is 55.2 Å². The van der Waals surface area contributed by atoms with Gasteiger partial charge in [-0.15, -0.1) is 0 Å². The molecule has 34 heavy (non-hydrogen) atoms. The molecular weight excluding hydrogens is 430 g/mol. The van der Waals surface area contributed by atoms with Crippen LogP contribution in [0.3, 0.4) is 0 Å². The van der Waals surface area contributed by atoms with Crippen LogP contribution in [0.4, 0.5) is 0 Å². The van der Waals surface area contributed by atoms with E-state index in [0.29, 0.717) is 30.9 Å². The minimum absolute atomic E-state index is 0.228. The van der Waals surface area contributed by atoms with Crippen LogP contribution in [0.1, 0.15) is 40.1 Å². The first-order valence-electron chi connectivity index (χ1n) is 11.1. The summed E-state index contributed by atoms with van der Waals surface area (Å²) >= 11 is 0. The SMILES string of the molecule is CCOCCc1ncnn1-c1cc(C(=O)NCc2cnc(C)cn2)cc(-c2ccc(C)cn2)c1. The average molecular weight is 458 g/mol. The van der Waals surface area contributed by atoms with Gasteiger partial charge in [0, 0.05) is 36.5 Å². The molecule has 0 saturated carbocycles. The highest BCUT2D eigenvalue weighted by molar-refractivity contribution is 5.96. The predicted molar refractivity (Wildman–Crippen MR) is 127 cm³/mol. The number of nitrogens with one attached hydrogen (secondary N) is 1. The Morgan fingerprint density at radius 2 is 1.91 bits per heavy atom. The van der Waals surface area contributed by atoms with Crippen molar-refractivity contribution in [1.29, 1.82) is 0 Å². The number of benzene rings is 1. The zero-order valence-corrected chi connectivity index (χ0v) is 19.5. The van der Waals surface area contributed by atoms with Crippen molar-refractivity contribution in [2.24, 2.45) is 0 Å². The summed E-state index contributed by atoms with van der Waals surface area (Å²) in [6, 6.07) is 9.52. The molecule has 9 heteroatoms. The molecule has 3 aromatic heterocycles. The Morgan fingerprint density at radius 3 is 2.65 bits per heavy atom. The number of carbonyl (C=O) groups is 1. The van der Waals surface area contributed by atoms with Crippen molar-refractivity contribution in [2.45, 2.75) is 33.7 Å². The van der Waals surface area contributed by atoms with E-state index >= 15 is 0 Å². The summed E-state index contributed by atoms with van der Waals surface area (Å²) in [6.45, 7) is 7.26. The lowest BCUT2D eigenvalue weighted by Gasteiger charge is -2.12. The minimum atomic E-state index is -0.228. The second-order valence-corrected chi connectivity index (χ2v) is 7.86. The van der Waals surface area contributed by atoms with Crippen LogP contribution in [0.25, 0.3) is 16.9 Å². The van der Waals surface area contributed by atoms with E-state index in [0.717, 1.165) is 34.0 Å². The minimum Gasteiger partial charge on any atom is -0.381 e. The first-order chi connectivity index (χ1) is 16.5. The van der Waals surface area contributed by atoms with Gasteiger partial charge in [0.05, 0.1) is 42.1 Å². The van der Waals surface area contributed by atoms with E-state index in [2.05, 4.69) is 30.4 Å². The molecule has 4 rings (SSSR count). The van der Waals surface area contributed by atoms with Crippen molar-refractivity contribution in [1.82, 2.24) is 35.0 Å². The molecule has 0 unspecified atom stereocenters. The molecule has 0 aliphatic rings. The average Bonchev–Trinajstić information content (AvgIpc) is 3.32. The van der Waals surface area contributed by atoms with Crippen molar-refractivity contribution < 1.29 is 9.53 Å². The summed E-state index contributed by atoms with van der Waals surface area (Å²) in [6.07, 6.45) is 7.26. The zero-order valence-electron chi connectivity index (χ0n) is 19.5. The monoisotopic (exact) mass is 457 g/mol. The number of carbonyl (C=O) groups excluding carboxylic acids is 1. The predicted octanol–water partition coefficient (Wildman–Crippen LogP) is 3.25. The number of aromatic nitrogens is 6. The van der Waals surface area contributed by atoms with Gasteiger partial charge in [0.15, 0.2) is 0 Å². The second-order valence-electron chi connectivity index (χ2n) is 7.86. The Hall–Kier alpha value is -3.98. The molecule has 4 aromatic rings. The lowest BCUT2D eigenvalue weighted by Crippen LogP contribution is -2.23. The summed E-state index contributed by atoms with van der Waals surface area (Å²) in [4.78, 5) is 30.5. The van der Waals surface area contributed by atoms with E-state index in [4.69, 9.17) is 4.74 Å². The summed E-state index contributed by atoms with van der Waals surface area (Å²) in [5, 5.41) is 7.32. The van der Waals surface area contributed by atoms with Crippen LogP contribution in [0.5, 0.6) is 0 Å². The van der Waals surface area contributed by atoms with Crippen molar-refractivity contribution in [3.8, 4) is 16.9 Å². The van der Waals surface area contributed by atoms with E-state index in [-0.39, 0.29) is 12.5 Å². The summed E-state index contributed by atoms with van der Waals surface area (Å²) in [5.41, 5.74) is 5.36. The molecule has 1 amide bonds. The third-order valence-electron chi connectivity index (χ3n) is 5.19. The molecule has 0 spiro atoms. The smallest absolute Gasteiger partial charge is 0.251 e. The second kappa shape index (κ2) is 10.8. The van der Waals surface area contributed by atoms with Gasteiger partial charge < -0.3 is 10.1 Å². The highest BCUT2D eigenvalue weighted by atomic mass is 16.5. The molecule has 1 N–H and O–H groups in total. The Balaban J connectivity index is 1.66. The fourth-order valence-electron chi connectivity index (χ4n) is 3.39. The first kappa shape index (κ1) is 23.2. The molecule has 0 fully saturated rings. The van der Waals surface area contributed by atoms with E-state index in [1.807, 2.05) is 45.0 Å². The number of nitrogens with zero attached hydrogens (tertiary/aromatic N) is 6. The number of hydrogen-bond acceptors (Lipinski definition) is 7. The maximum Gasteiger partial charge on any atom is 0.251 e. The summed E-state index contributed by atoms with van der Waals surface area (Å²) in [7, 11) is 0. The normalized spacial score (nSPS) is 10.9. The number of ether oxygens (including phenoxy) is 1. The van der Waals surface area contributed by atoms with E-state index < -0.39 is 0 Å². The largest absolute Gasteiger partial charge is 0.381 e. The van der Waals surface area contributed by atoms with Crippen molar-refractivity contribution in [3.05, 3.63) is 83.6 Å². The number of amides is 1. The lowest BCUT2D eigenvalue weighted by molar-refractivity contribution is 0.0950. The Labute approximate surface area is 198 Å². The molecule has 0 atom stereocenters. The van der Waals surface area contributed by atoms with Gasteiger partial charge in [-0.2, -0.15) is 5.10 Å². The van der Waals surface area contributed by atoms with Crippen LogP contribution in [-0.2, 0) is 17.7 Å². The van der Waals surface area contributed by atoms with Crippen LogP contribution in [0.2, 0.25) is 0 Å². The molecule has 0 saturated heterocycles. The van der Waals surface area contributed by atoms with Crippen LogP contribution in [0, 0.1) is 13.8 Å². The van der Waals surface area contributed by atoms with Gasteiger partial charge in [-0.1, -0.05) is 6.07 Å². The van der Waals surface area contributed by atoms with Crippen molar-refractivity contribution in [2.75, 3.05) is 13.2 Å². The zero-order chi connectivity index (χ0) is 23.9. The highest BCUT2D eigenvalue weighted by Crippen LogP contribution is 2.24. The van der Waals surface area contributed by atoms with Gasteiger partial charge in [0.1, 0.15) is 12.2 Å². The molecule has 0 aliphatic carbocycles. The Morgan fingerprint density at radius 1 is 1.03 bits per heavy atom. The van der Waals surface area contributed by atoms with Crippen LogP contribution in [-0.4, -0.2) is 48.8 Å². The summed E-state index contributed by atoms with van der Waals surface area (Å²) in [5.74, 6) is 0.525. The third kappa shape index (κ3) is 5.68. The fourth-order valence-corrected chi connectivity index (χ4v) is 3.39. The highest BCUT2D eigenvalue weighted by Gasteiger charge is 2.15. The number of hydrogen-bond donors (Lipinski definition) is 1. The quantitative estimate of drug-likeness (QED) is 0.384. The Kier molecular flexibility index (Phi) is 7.34. The van der Waals surface area contributed by atoms with Crippen LogP contribution < -0.4 is 5.32 Å². The molecule has 0 aliphatic heterocycles. The van der Waals surface area contributed by atoms with Crippen LogP contribution >= 0.6 is 0 Å². The topological polar surface area (TPSA) is 108 Å². The molecule has 174 valence electrons. The van der Waals surface area contributed by atoms with Gasteiger partial charge in [0.25, 0.3) is 5.91 Å². The Bertz CT molecular complexity index is 1250. The van der Waals surface area contributed by atoms with Gasteiger partial charge in [-0.05, 0) is 50.6 Å². The van der Waals surface area contributed by atoms with Crippen molar-refractivity contribution >= 4 is 5.91 Å². The summed E-state index contributed by atoms with van der Waals surface area (Å²) < 4.78 is 7.21. The number of pyridine rings is 1. The first-order valence-corrected chi connectivity index (χ1v) is 11.1. The van der Waals surface area contributed by atoms with Gasteiger partial charge >= 0.3 is 0 Å². The van der Waals surface area contributed by atoms with E-state index in [9.17, 15) is 4.79 Å². The van der Waals surface area contributed by atoms with Gasteiger partial charge in [-0.3, -0.25) is 19.7 Å².